The highest BCUT2D eigenvalue weighted by molar-refractivity contribution is 5.55. The highest BCUT2D eigenvalue weighted by atomic mass is 16.6. The summed E-state index contributed by atoms with van der Waals surface area (Å²) in [7, 11) is 0. The number of aryl methyl sites for hydroxylation is 1. The van der Waals surface area contributed by atoms with Crippen LogP contribution in [0.2, 0.25) is 0 Å². The van der Waals surface area contributed by atoms with Crippen molar-refractivity contribution in [2.75, 3.05) is 5.32 Å². The molecule has 0 saturated carbocycles. The van der Waals surface area contributed by atoms with Crippen molar-refractivity contribution in [2.24, 2.45) is 0 Å². The normalized spacial score (nSPS) is 10.5. The molecule has 24 heavy (non-hydrogen) atoms. The molecule has 7 nitrogen and oxygen atoms in total. The number of nitrogens with one attached hydrogen (secondary N) is 1. The van der Waals surface area contributed by atoms with Gasteiger partial charge in [-0.05, 0) is 18.1 Å². The Kier molecular flexibility index (Phi) is 4.51. The fraction of sp³-hybridized carbons (Fsp3) is 0.176. The Bertz CT molecular complexity index is 843. The minimum Gasteiger partial charge on any atom is -0.376 e. The molecule has 1 aromatic heterocycles. The zero-order valence-corrected chi connectivity index (χ0v) is 13.1. The van der Waals surface area contributed by atoms with Crippen LogP contribution < -0.4 is 5.32 Å². The van der Waals surface area contributed by atoms with Crippen molar-refractivity contribution < 1.29 is 9.45 Å². The van der Waals surface area contributed by atoms with Crippen molar-refractivity contribution in [3.63, 3.8) is 0 Å². The van der Waals surface area contributed by atoms with Crippen molar-refractivity contribution in [3.05, 3.63) is 70.1 Å². The number of nitrogens with zero attached hydrogens (tertiary/aromatic N) is 3. The maximum atomic E-state index is 10.8. The van der Waals surface area contributed by atoms with Gasteiger partial charge >= 0.3 is 0 Å². The molecule has 0 aliphatic carbocycles. The van der Waals surface area contributed by atoms with Crippen LogP contribution in [0.4, 0.5) is 11.4 Å². The van der Waals surface area contributed by atoms with E-state index < -0.39 is 4.92 Å². The third-order valence-electron chi connectivity index (χ3n) is 3.59. The summed E-state index contributed by atoms with van der Waals surface area (Å²) in [5.74, 6) is 0.935. The van der Waals surface area contributed by atoms with E-state index in [9.17, 15) is 10.1 Å². The van der Waals surface area contributed by atoms with Gasteiger partial charge < -0.3 is 9.84 Å². The molecule has 7 heteroatoms. The quantitative estimate of drug-likeness (QED) is 0.547. The largest absolute Gasteiger partial charge is 0.376 e. The van der Waals surface area contributed by atoms with Gasteiger partial charge in [-0.2, -0.15) is 4.98 Å². The van der Waals surface area contributed by atoms with Gasteiger partial charge in [-0.15, -0.1) is 0 Å². The molecule has 2 aromatic carbocycles. The second-order valence-corrected chi connectivity index (χ2v) is 5.22. The summed E-state index contributed by atoms with van der Waals surface area (Å²) < 4.78 is 5.22. The molecule has 0 saturated heterocycles. The summed E-state index contributed by atoms with van der Waals surface area (Å²) in [6.45, 7) is 2.39. The second-order valence-electron chi connectivity index (χ2n) is 5.22. The molecule has 0 bridgehead atoms. The van der Waals surface area contributed by atoms with Crippen LogP contribution in [-0.2, 0) is 13.0 Å². The van der Waals surface area contributed by atoms with Gasteiger partial charge in [-0.1, -0.05) is 42.4 Å². The Morgan fingerprint density at radius 2 is 2.00 bits per heavy atom. The smallest absolute Gasteiger partial charge is 0.271 e. The zero-order valence-electron chi connectivity index (χ0n) is 13.1. The number of hydrogen-bond donors (Lipinski definition) is 1. The molecular formula is C17H16N4O3. The summed E-state index contributed by atoms with van der Waals surface area (Å²) in [6, 6.07) is 14.3. The predicted molar refractivity (Wildman–Crippen MR) is 89.5 cm³/mol. The van der Waals surface area contributed by atoms with Crippen LogP contribution in [0, 0.1) is 10.1 Å². The molecule has 0 radical (unpaired) electrons. The monoisotopic (exact) mass is 324 g/mol. The Labute approximate surface area is 138 Å². The van der Waals surface area contributed by atoms with E-state index in [4.69, 9.17) is 4.52 Å². The number of nitro groups is 1. The number of non-ortho nitro benzene ring substituents is 1. The molecule has 0 aliphatic rings. The van der Waals surface area contributed by atoms with Gasteiger partial charge in [0.25, 0.3) is 5.69 Å². The third-order valence-corrected chi connectivity index (χ3v) is 3.59. The van der Waals surface area contributed by atoms with Crippen molar-refractivity contribution in [2.45, 2.75) is 19.9 Å². The maximum Gasteiger partial charge on any atom is 0.271 e. The average molecular weight is 324 g/mol. The molecule has 0 fully saturated rings. The SMILES string of the molecule is CCc1ccc(-c2noc(CNc3cccc([N+](=O)[O-])c3)n2)cc1. The van der Waals surface area contributed by atoms with Gasteiger partial charge in [-0.25, -0.2) is 0 Å². The molecule has 1 N–H and O–H groups in total. The highest BCUT2D eigenvalue weighted by Crippen LogP contribution is 2.19. The van der Waals surface area contributed by atoms with Gasteiger partial charge in [0.1, 0.15) is 0 Å². The van der Waals surface area contributed by atoms with Gasteiger partial charge in [0.05, 0.1) is 11.5 Å². The Morgan fingerprint density at radius 3 is 2.71 bits per heavy atom. The lowest BCUT2D eigenvalue weighted by Crippen LogP contribution is -2.00. The third kappa shape index (κ3) is 3.57. The Hall–Kier alpha value is -3.22. The van der Waals surface area contributed by atoms with E-state index >= 15 is 0 Å². The summed E-state index contributed by atoms with van der Waals surface area (Å²) in [4.78, 5) is 14.7. The lowest BCUT2D eigenvalue weighted by molar-refractivity contribution is -0.384. The van der Waals surface area contributed by atoms with Gasteiger partial charge in [0.15, 0.2) is 0 Å². The molecule has 0 amide bonds. The number of hydrogen-bond acceptors (Lipinski definition) is 6. The summed E-state index contributed by atoms with van der Waals surface area (Å²) in [6.07, 6.45) is 0.977. The first kappa shape index (κ1) is 15.7. The van der Waals surface area contributed by atoms with E-state index in [-0.39, 0.29) is 5.69 Å². The van der Waals surface area contributed by atoms with E-state index in [2.05, 4.69) is 22.4 Å². The Morgan fingerprint density at radius 1 is 1.21 bits per heavy atom. The lowest BCUT2D eigenvalue weighted by atomic mass is 10.1. The minimum atomic E-state index is -0.435. The fourth-order valence-corrected chi connectivity index (χ4v) is 2.24. The first-order valence-corrected chi connectivity index (χ1v) is 7.56. The van der Waals surface area contributed by atoms with E-state index in [0.29, 0.717) is 23.9 Å². The van der Waals surface area contributed by atoms with E-state index in [0.717, 1.165) is 12.0 Å². The summed E-state index contributed by atoms with van der Waals surface area (Å²) in [5.41, 5.74) is 2.78. The summed E-state index contributed by atoms with van der Waals surface area (Å²) >= 11 is 0. The second kappa shape index (κ2) is 6.91. The van der Waals surface area contributed by atoms with Crippen molar-refractivity contribution in [3.8, 4) is 11.4 Å². The van der Waals surface area contributed by atoms with Crippen molar-refractivity contribution in [1.82, 2.24) is 10.1 Å². The van der Waals surface area contributed by atoms with Crippen LogP contribution in [0.3, 0.4) is 0 Å². The molecule has 0 spiro atoms. The molecule has 122 valence electrons. The van der Waals surface area contributed by atoms with E-state index in [1.165, 1.54) is 17.7 Å². The molecule has 0 atom stereocenters. The van der Waals surface area contributed by atoms with Crippen molar-refractivity contribution in [1.29, 1.82) is 0 Å². The minimum absolute atomic E-state index is 0.0298. The number of rotatable bonds is 6. The first-order valence-electron chi connectivity index (χ1n) is 7.56. The molecule has 3 aromatic rings. The predicted octanol–water partition coefficient (Wildman–Crippen LogP) is 3.82. The molecule has 1 heterocycles. The first-order chi connectivity index (χ1) is 11.7. The lowest BCUT2D eigenvalue weighted by Gasteiger charge is -2.02. The van der Waals surface area contributed by atoms with Crippen molar-refractivity contribution >= 4 is 11.4 Å². The van der Waals surface area contributed by atoms with Crippen LogP contribution >= 0.6 is 0 Å². The molecule has 0 unspecified atom stereocenters. The molecule has 0 aliphatic heterocycles. The topological polar surface area (TPSA) is 94.1 Å². The number of benzene rings is 2. The van der Waals surface area contributed by atoms with E-state index in [1.54, 1.807) is 12.1 Å². The van der Waals surface area contributed by atoms with Gasteiger partial charge in [-0.3, -0.25) is 10.1 Å². The molecular weight excluding hydrogens is 308 g/mol. The van der Waals surface area contributed by atoms with Crippen LogP contribution in [-0.4, -0.2) is 15.1 Å². The van der Waals surface area contributed by atoms with Gasteiger partial charge in [0.2, 0.25) is 11.7 Å². The van der Waals surface area contributed by atoms with Crippen LogP contribution in [0.25, 0.3) is 11.4 Å². The number of nitro benzene ring substituents is 1. The Balaban J connectivity index is 1.67. The standard InChI is InChI=1S/C17H16N4O3/c1-2-12-6-8-13(9-7-12)17-19-16(24-20-17)11-18-14-4-3-5-15(10-14)21(22)23/h3-10,18H,2,11H2,1H3. The van der Waals surface area contributed by atoms with E-state index in [1.807, 2.05) is 24.3 Å². The van der Waals surface area contributed by atoms with Gasteiger partial charge in [0, 0.05) is 23.4 Å². The number of aromatic nitrogens is 2. The van der Waals surface area contributed by atoms with Crippen LogP contribution in [0.5, 0.6) is 0 Å². The maximum absolute atomic E-state index is 10.8. The highest BCUT2D eigenvalue weighted by Gasteiger charge is 2.10. The summed E-state index contributed by atoms with van der Waals surface area (Å²) in [5, 5.41) is 17.8. The number of anilines is 1. The van der Waals surface area contributed by atoms with Crippen LogP contribution in [0.1, 0.15) is 18.4 Å². The van der Waals surface area contributed by atoms with Crippen LogP contribution in [0.15, 0.2) is 53.1 Å². The zero-order chi connectivity index (χ0) is 16.9. The molecule has 3 rings (SSSR count). The average Bonchev–Trinajstić information content (AvgIpc) is 3.09. The fourth-order valence-electron chi connectivity index (χ4n) is 2.24.